The Morgan fingerprint density at radius 2 is 1.60 bits per heavy atom. The second-order valence-electron chi connectivity index (χ2n) is 5.16. The summed E-state index contributed by atoms with van der Waals surface area (Å²) < 4.78 is 0. The average molecular weight is 335 g/mol. The lowest BCUT2D eigenvalue weighted by atomic mass is 10.1. The number of nitrogens with zero attached hydrogens (tertiary/aromatic N) is 2. The molecule has 0 aliphatic carbocycles. The summed E-state index contributed by atoms with van der Waals surface area (Å²) in [5.41, 5.74) is 5.28. The van der Waals surface area contributed by atoms with Gasteiger partial charge in [0.25, 0.3) is 0 Å². The van der Waals surface area contributed by atoms with E-state index in [2.05, 4.69) is 42.3 Å². The topological polar surface area (TPSA) is 25.2 Å². The Morgan fingerprint density at radius 3 is 2.20 bits per heavy atom. The Morgan fingerprint density at radius 1 is 1.00 bits per heavy atom. The van der Waals surface area contributed by atoms with Crippen molar-refractivity contribution in [3.8, 4) is 0 Å². The molecule has 2 heteroatoms. The SMILES string of the molecule is C.C=Nc1ccccc1C(=C)C.CC.Cc1cnc2ccccc2c1. The summed E-state index contributed by atoms with van der Waals surface area (Å²) in [5.74, 6) is 0. The van der Waals surface area contributed by atoms with Gasteiger partial charge in [0, 0.05) is 17.1 Å². The monoisotopic (exact) mass is 334 g/mol. The molecule has 0 aliphatic heterocycles. The van der Waals surface area contributed by atoms with E-state index in [-0.39, 0.29) is 7.43 Å². The average Bonchev–Trinajstić information content (AvgIpc) is 2.63. The number of hydrogen-bond acceptors (Lipinski definition) is 2. The number of aromatic nitrogens is 1. The molecule has 3 rings (SSSR count). The number of rotatable bonds is 2. The van der Waals surface area contributed by atoms with E-state index >= 15 is 0 Å². The maximum atomic E-state index is 4.28. The van der Waals surface area contributed by atoms with Crippen LogP contribution in [0.1, 0.15) is 39.3 Å². The van der Waals surface area contributed by atoms with E-state index in [1.54, 1.807) is 0 Å². The molecule has 1 heterocycles. The van der Waals surface area contributed by atoms with E-state index in [0.717, 1.165) is 22.3 Å². The minimum Gasteiger partial charge on any atom is -0.264 e. The van der Waals surface area contributed by atoms with Crippen molar-refractivity contribution in [3.05, 3.63) is 78.5 Å². The molecule has 1 aromatic heterocycles. The van der Waals surface area contributed by atoms with Crippen molar-refractivity contribution in [1.82, 2.24) is 4.98 Å². The molecule has 0 aliphatic rings. The molecule has 2 nitrogen and oxygen atoms in total. The van der Waals surface area contributed by atoms with Gasteiger partial charge in [-0.25, -0.2) is 0 Å². The van der Waals surface area contributed by atoms with Crippen LogP contribution in [0, 0.1) is 6.92 Å². The van der Waals surface area contributed by atoms with Crippen LogP contribution in [0.25, 0.3) is 16.5 Å². The van der Waals surface area contributed by atoms with Gasteiger partial charge in [0.2, 0.25) is 0 Å². The molecule has 0 fully saturated rings. The Labute approximate surface area is 153 Å². The van der Waals surface area contributed by atoms with Crippen LogP contribution in [0.15, 0.2) is 72.4 Å². The number of benzene rings is 2. The highest BCUT2D eigenvalue weighted by Gasteiger charge is 1.97. The van der Waals surface area contributed by atoms with Gasteiger partial charge < -0.3 is 0 Å². The van der Waals surface area contributed by atoms with Gasteiger partial charge >= 0.3 is 0 Å². The zero-order chi connectivity index (χ0) is 17.9. The fourth-order valence-corrected chi connectivity index (χ4v) is 2.15. The van der Waals surface area contributed by atoms with Crippen molar-refractivity contribution in [2.45, 2.75) is 35.1 Å². The van der Waals surface area contributed by atoms with Crippen LogP contribution in [-0.4, -0.2) is 11.7 Å². The number of allylic oxidation sites excluding steroid dienone is 1. The lowest BCUT2D eigenvalue weighted by Crippen LogP contribution is -1.78. The molecule has 2 aromatic carbocycles. The van der Waals surface area contributed by atoms with Crippen molar-refractivity contribution in [3.63, 3.8) is 0 Å². The van der Waals surface area contributed by atoms with Gasteiger partial charge in [-0.2, -0.15) is 0 Å². The summed E-state index contributed by atoms with van der Waals surface area (Å²) >= 11 is 0. The molecule has 0 spiro atoms. The summed E-state index contributed by atoms with van der Waals surface area (Å²) in [6, 6.07) is 18.1. The zero-order valence-corrected chi connectivity index (χ0v) is 15.1. The lowest BCUT2D eigenvalue weighted by Gasteiger charge is -2.02. The van der Waals surface area contributed by atoms with Crippen LogP contribution >= 0.6 is 0 Å². The number of para-hydroxylation sites is 2. The number of aryl methyl sites for hydroxylation is 1. The third kappa shape index (κ3) is 6.72. The smallest absolute Gasteiger partial charge is 0.0702 e. The number of aliphatic imine (C=N–C) groups is 1. The van der Waals surface area contributed by atoms with Crippen molar-refractivity contribution in [1.29, 1.82) is 0 Å². The van der Waals surface area contributed by atoms with Gasteiger partial charge in [0.05, 0.1) is 11.2 Å². The maximum Gasteiger partial charge on any atom is 0.0702 e. The first-order valence-electron chi connectivity index (χ1n) is 8.15. The van der Waals surface area contributed by atoms with Gasteiger partial charge in [-0.15, -0.1) is 0 Å². The molecule has 0 radical (unpaired) electrons. The van der Waals surface area contributed by atoms with Gasteiger partial charge in [0.15, 0.2) is 0 Å². The molecule has 0 saturated carbocycles. The second-order valence-corrected chi connectivity index (χ2v) is 5.16. The molecule has 0 atom stereocenters. The highest BCUT2D eigenvalue weighted by atomic mass is 14.7. The van der Waals surface area contributed by atoms with Crippen LogP contribution in [0.5, 0.6) is 0 Å². The molecular formula is C23H30N2. The lowest BCUT2D eigenvalue weighted by molar-refractivity contribution is 1.33. The molecule has 132 valence electrons. The van der Waals surface area contributed by atoms with Crippen molar-refractivity contribution < 1.29 is 0 Å². The molecule has 25 heavy (non-hydrogen) atoms. The van der Waals surface area contributed by atoms with Crippen molar-refractivity contribution in [2.75, 3.05) is 0 Å². The van der Waals surface area contributed by atoms with E-state index in [9.17, 15) is 0 Å². The van der Waals surface area contributed by atoms with Crippen LogP contribution in [0.2, 0.25) is 0 Å². The van der Waals surface area contributed by atoms with Gasteiger partial charge in [-0.1, -0.05) is 64.3 Å². The first-order chi connectivity index (χ1) is 11.6. The number of pyridine rings is 1. The highest BCUT2D eigenvalue weighted by molar-refractivity contribution is 5.78. The van der Waals surface area contributed by atoms with Gasteiger partial charge in [-0.3, -0.25) is 9.98 Å². The van der Waals surface area contributed by atoms with E-state index < -0.39 is 0 Å². The van der Waals surface area contributed by atoms with E-state index in [4.69, 9.17) is 0 Å². The summed E-state index contributed by atoms with van der Waals surface area (Å²) in [6.45, 7) is 15.3. The largest absolute Gasteiger partial charge is 0.264 e. The van der Waals surface area contributed by atoms with E-state index in [1.807, 2.05) is 69.4 Å². The molecule has 0 bridgehead atoms. The Hall–Kier alpha value is -2.74. The first-order valence-corrected chi connectivity index (χ1v) is 8.15. The normalized spacial score (nSPS) is 8.80. The predicted molar refractivity (Wildman–Crippen MR) is 115 cm³/mol. The summed E-state index contributed by atoms with van der Waals surface area (Å²) in [6.07, 6.45) is 1.89. The van der Waals surface area contributed by atoms with Crippen LogP contribution in [0.4, 0.5) is 5.69 Å². The minimum atomic E-state index is 0. The number of fused-ring (bicyclic) bond motifs is 1. The van der Waals surface area contributed by atoms with Crippen LogP contribution < -0.4 is 0 Å². The molecular weight excluding hydrogens is 304 g/mol. The molecule has 0 unspecified atom stereocenters. The van der Waals surface area contributed by atoms with E-state index in [1.165, 1.54) is 10.9 Å². The van der Waals surface area contributed by atoms with Gasteiger partial charge in [0.1, 0.15) is 0 Å². The number of hydrogen-bond donors (Lipinski definition) is 0. The van der Waals surface area contributed by atoms with Crippen molar-refractivity contribution >= 4 is 28.9 Å². The zero-order valence-electron chi connectivity index (χ0n) is 15.1. The Bertz CT molecular complexity index is 804. The summed E-state index contributed by atoms with van der Waals surface area (Å²) in [5, 5.41) is 1.22. The first kappa shape index (κ1) is 22.3. The van der Waals surface area contributed by atoms with E-state index in [0.29, 0.717) is 0 Å². The fraction of sp³-hybridized carbons (Fsp3) is 0.217. The minimum absolute atomic E-state index is 0. The van der Waals surface area contributed by atoms with Crippen molar-refractivity contribution in [2.24, 2.45) is 4.99 Å². The van der Waals surface area contributed by atoms with Gasteiger partial charge in [-0.05, 0) is 49.9 Å². The maximum absolute atomic E-state index is 4.28. The second kappa shape index (κ2) is 11.7. The summed E-state index contributed by atoms with van der Waals surface area (Å²) in [7, 11) is 0. The Balaban J connectivity index is 0.000000405. The fourth-order valence-electron chi connectivity index (χ4n) is 2.15. The van der Waals surface area contributed by atoms with Crippen LogP contribution in [0.3, 0.4) is 0 Å². The third-order valence-electron chi connectivity index (χ3n) is 3.26. The third-order valence-corrected chi connectivity index (χ3v) is 3.26. The molecule has 0 amide bonds. The standard InChI is InChI=1S/C10H9N.C10H11N.C2H6.CH4/c1-8-6-9-4-2-3-5-10(9)11-7-8;1-8(2)9-6-4-5-7-10(9)11-3;1-2;/h2-7H,1H3;4-7H,1,3H2,2H3;1-2H3;1H4. The highest BCUT2D eigenvalue weighted by Crippen LogP contribution is 2.23. The quantitative estimate of drug-likeness (QED) is 0.453. The Kier molecular flexibility index (Phi) is 10.5. The van der Waals surface area contributed by atoms with Crippen LogP contribution in [-0.2, 0) is 0 Å². The molecule has 3 aromatic rings. The molecule has 0 saturated heterocycles. The summed E-state index contributed by atoms with van der Waals surface area (Å²) in [4.78, 5) is 8.16. The molecule has 0 N–H and O–H groups in total. The predicted octanol–water partition coefficient (Wildman–Crippen LogP) is 7.26.